The van der Waals surface area contributed by atoms with Gasteiger partial charge in [0.2, 0.25) is 0 Å². The zero-order chi connectivity index (χ0) is 20.9. The molecule has 0 unspecified atom stereocenters. The van der Waals surface area contributed by atoms with E-state index in [-0.39, 0.29) is 17.6 Å². The summed E-state index contributed by atoms with van der Waals surface area (Å²) in [5.74, 6) is 0.568. The van der Waals surface area contributed by atoms with Crippen LogP contribution in [0.5, 0.6) is 0 Å². The van der Waals surface area contributed by atoms with E-state index in [9.17, 15) is 5.11 Å². The molecule has 0 spiro atoms. The Morgan fingerprint density at radius 1 is 1.21 bits per heavy atom. The second kappa shape index (κ2) is 6.82. The zero-order valence-corrected chi connectivity index (χ0v) is 17.3. The first-order valence-electron chi connectivity index (χ1n) is 9.16. The van der Waals surface area contributed by atoms with Crippen LogP contribution in [0, 0.1) is 0 Å². The molecular weight excluding hydrogens is 392 g/mol. The Balaban J connectivity index is 2.11. The highest BCUT2D eigenvalue weighted by atomic mass is 35.5. The number of fused-ring (bicyclic) bond motifs is 1. The predicted molar refractivity (Wildman–Crippen MR) is 111 cm³/mol. The molecule has 0 saturated heterocycles. The minimum absolute atomic E-state index is 0.0181. The van der Waals surface area contributed by atoms with Gasteiger partial charge in [0.25, 0.3) is 0 Å². The van der Waals surface area contributed by atoms with Crippen molar-refractivity contribution in [3.05, 3.63) is 41.4 Å². The smallest absolute Gasteiger partial charge is 0.177 e. The molecule has 0 aliphatic carbocycles. The number of rotatable bonds is 4. The van der Waals surface area contributed by atoms with Gasteiger partial charge in [-0.3, -0.25) is 9.67 Å². The number of anilines is 1. The molecule has 150 valence electrons. The van der Waals surface area contributed by atoms with Crippen molar-refractivity contribution in [1.82, 2.24) is 24.9 Å². The van der Waals surface area contributed by atoms with Gasteiger partial charge < -0.3 is 15.4 Å². The minimum atomic E-state index is -1.28. The van der Waals surface area contributed by atoms with Gasteiger partial charge in [0.15, 0.2) is 5.76 Å². The Morgan fingerprint density at radius 3 is 2.59 bits per heavy atom. The van der Waals surface area contributed by atoms with Crippen LogP contribution in [0.3, 0.4) is 0 Å². The van der Waals surface area contributed by atoms with E-state index >= 15 is 0 Å². The number of hydrogen-bond acceptors (Lipinski definition) is 7. The van der Waals surface area contributed by atoms with Gasteiger partial charge in [0.05, 0.1) is 33.4 Å². The van der Waals surface area contributed by atoms with Gasteiger partial charge >= 0.3 is 0 Å². The van der Waals surface area contributed by atoms with Crippen molar-refractivity contribution < 1.29 is 9.63 Å². The highest BCUT2D eigenvalue weighted by molar-refractivity contribution is 6.35. The quantitative estimate of drug-likeness (QED) is 0.516. The van der Waals surface area contributed by atoms with E-state index < -0.39 is 5.60 Å². The minimum Gasteiger partial charge on any atom is -0.383 e. The summed E-state index contributed by atoms with van der Waals surface area (Å²) in [6.07, 6.45) is 3.17. The summed E-state index contributed by atoms with van der Waals surface area (Å²) in [5, 5.41) is 20.7. The van der Waals surface area contributed by atoms with Crippen molar-refractivity contribution in [2.75, 3.05) is 5.73 Å². The van der Waals surface area contributed by atoms with Crippen molar-refractivity contribution in [3.63, 3.8) is 0 Å². The van der Waals surface area contributed by atoms with E-state index in [1.165, 1.54) is 6.20 Å². The second-order valence-electron chi connectivity index (χ2n) is 7.61. The molecule has 9 heteroatoms. The maximum absolute atomic E-state index is 10.7. The van der Waals surface area contributed by atoms with Gasteiger partial charge in [0.1, 0.15) is 22.8 Å². The average molecular weight is 413 g/mol. The lowest BCUT2D eigenvalue weighted by atomic mass is 9.96. The SMILES string of the molecule is CC(C)n1nc(-c2noc(C(C)(C)O)c2-c2ccccn2)c2c(N)ncc(Cl)c21. The molecule has 0 saturated carbocycles. The molecule has 0 bridgehead atoms. The third-order valence-corrected chi connectivity index (χ3v) is 4.87. The molecule has 0 aliphatic heterocycles. The normalized spacial score (nSPS) is 12.2. The van der Waals surface area contributed by atoms with Gasteiger partial charge in [-0.15, -0.1) is 0 Å². The largest absolute Gasteiger partial charge is 0.383 e. The lowest BCUT2D eigenvalue weighted by Gasteiger charge is -2.15. The van der Waals surface area contributed by atoms with Crippen LogP contribution in [0.4, 0.5) is 5.82 Å². The average Bonchev–Trinajstić information content (AvgIpc) is 3.27. The monoisotopic (exact) mass is 412 g/mol. The van der Waals surface area contributed by atoms with Crippen LogP contribution in [0.1, 0.15) is 39.5 Å². The molecule has 4 heterocycles. The fraction of sp³-hybridized carbons (Fsp3) is 0.300. The Morgan fingerprint density at radius 2 is 1.97 bits per heavy atom. The van der Waals surface area contributed by atoms with Crippen LogP contribution < -0.4 is 5.73 Å². The molecule has 4 aromatic rings. The number of hydrogen-bond donors (Lipinski definition) is 2. The summed E-state index contributed by atoms with van der Waals surface area (Å²) in [6.45, 7) is 7.24. The molecular formula is C20H21ClN6O2. The summed E-state index contributed by atoms with van der Waals surface area (Å²) >= 11 is 6.44. The van der Waals surface area contributed by atoms with Crippen LogP contribution in [0.2, 0.25) is 5.02 Å². The van der Waals surface area contributed by atoms with Gasteiger partial charge in [-0.05, 0) is 39.8 Å². The highest BCUT2D eigenvalue weighted by Gasteiger charge is 2.33. The Hall–Kier alpha value is -2.97. The lowest BCUT2D eigenvalue weighted by molar-refractivity contribution is 0.0482. The number of nitrogens with two attached hydrogens (primary N) is 1. The van der Waals surface area contributed by atoms with Crippen molar-refractivity contribution in [2.24, 2.45) is 0 Å². The predicted octanol–water partition coefficient (Wildman–Crippen LogP) is 4.19. The van der Waals surface area contributed by atoms with Gasteiger partial charge in [-0.25, -0.2) is 4.98 Å². The standard InChI is InChI=1S/C20H21ClN6O2/c1-10(2)27-17-11(21)9-24-19(22)14(17)15(25-27)16-13(12-7-5-6-8-23-12)18(29-26-16)20(3,4)28/h5-10,28H,1-4H3,(H2,22,24). The molecule has 0 radical (unpaired) electrons. The van der Waals surface area contributed by atoms with E-state index in [0.717, 1.165) is 0 Å². The van der Waals surface area contributed by atoms with Crippen molar-refractivity contribution in [2.45, 2.75) is 39.3 Å². The molecule has 29 heavy (non-hydrogen) atoms. The molecule has 0 aliphatic rings. The maximum Gasteiger partial charge on any atom is 0.177 e. The first kappa shape index (κ1) is 19.4. The topological polar surface area (TPSA) is 116 Å². The van der Waals surface area contributed by atoms with E-state index in [2.05, 4.69) is 15.1 Å². The fourth-order valence-electron chi connectivity index (χ4n) is 3.31. The summed E-state index contributed by atoms with van der Waals surface area (Å²) < 4.78 is 7.36. The van der Waals surface area contributed by atoms with Crippen molar-refractivity contribution >= 4 is 28.3 Å². The van der Waals surface area contributed by atoms with Crippen LogP contribution >= 0.6 is 11.6 Å². The Labute approximate surface area is 172 Å². The number of nitrogen functional groups attached to an aromatic ring is 1. The molecule has 0 amide bonds. The summed E-state index contributed by atoms with van der Waals surface area (Å²) in [6, 6.07) is 5.50. The van der Waals surface area contributed by atoms with Gasteiger partial charge in [-0.2, -0.15) is 5.10 Å². The van der Waals surface area contributed by atoms with E-state index in [4.69, 9.17) is 27.0 Å². The molecule has 4 rings (SSSR count). The third kappa shape index (κ3) is 3.14. The van der Waals surface area contributed by atoms with E-state index in [1.54, 1.807) is 24.7 Å². The number of aliphatic hydroxyl groups is 1. The van der Waals surface area contributed by atoms with Crippen LogP contribution in [0.15, 0.2) is 35.1 Å². The molecule has 4 aromatic heterocycles. The highest BCUT2D eigenvalue weighted by Crippen LogP contribution is 2.42. The molecule has 0 fully saturated rings. The zero-order valence-electron chi connectivity index (χ0n) is 16.5. The van der Waals surface area contributed by atoms with Crippen LogP contribution in [-0.4, -0.2) is 30.0 Å². The molecule has 8 nitrogen and oxygen atoms in total. The van der Waals surface area contributed by atoms with Gasteiger partial charge in [-0.1, -0.05) is 22.8 Å². The number of halogens is 1. The third-order valence-electron chi connectivity index (χ3n) is 4.59. The lowest BCUT2D eigenvalue weighted by Crippen LogP contribution is -2.15. The Bertz CT molecular complexity index is 1190. The molecule has 0 aromatic carbocycles. The Kier molecular flexibility index (Phi) is 4.55. The summed E-state index contributed by atoms with van der Waals surface area (Å²) in [4.78, 5) is 8.62. The van der Waals surface area contributed by atoms with E-state index in [1.807, 2.05) is 32.0 Å². The maximum atomic E-state index is 10.7. The first-order chi connectivity index (χ1) is 13.7. The second-order valence-corrected chi connectivity index (χ2v) is 8.02. The fourth-order valence-corrected chi connectivity index (χ4v) is 3.54. The number of aromatic nitrogens is 5. The van der Waals surface area contributed by atoms with Gasteiger partial charge in [0, 0.05) is 12.2 Å². The first-order valence-corrected chi connectivity index (χ1v) is 9.54. The molecule has 3 N–H and O–H groups in total. The number of pyridine rings is 2. The summed E-state index contributed by atoms with van der Waals surface area (Å²) in [7, 11) is 0. The number of nitrogens with zero attached hydrogens (tertiary/aromatic N) is 5. The van der Waals surface area contributed by atoms with Crippen LogP contribution in [0.25, 0.3) is 33.5 Å². The van der Waals surface area contributed by atoms with E-state index in [0.29, 0.717) is 38.6 Å². The van der Waals surface area contributed by atoms with Crippen molar-refractivity contribution in [3.8, 4) is 22.6 Å². The van der Waals surface area contributed by atoms with Crippen LogP contribution in [-0.2, 0) is 5.60 Å². The van der Waals surface area contributed by atoms with Crippen molar-refractivity contribution in [1.29, 1.82) is 0 Å². The molecule has 0 atom stereocenters. The summed E-state index contributed by atoms with van der Waals surface area (Å²) in [5.41, 5.74) is 7.64.